The molecule has 2 aromatic rings. The maximum atomic E-state index is 5.96. The molecule has 1 atom stereocenters. The zero-order valence-corrected chi connectivity index (χ0v) is 12.1. The van der Waals surface area contributed by atoms with E-state index in [0.29, 0.717) is 5.92 Å². The number of aromatic nitrogens is 3. The van der Waals surface area contributed by atoms with Gasteiger partial charge in [-0.15, -0.1) is 0 Å². The molecule has 0 amide bonds. The second kappa shape index (κ2) is 7.29. The molecule has 19 heavy (non-hydrogen) atoms. The standard InChI is InChI=1S/C15H20ClN3/c1-2-3-4-13(9-10-19-12-17-11-18-19)14-5-7-15(16)8-6-14/h5-8,11-13H,2-4,9-10H2,1H3/t13-/m0/s1. The number of aryl methyl sites for hydroxylation is 1. The lowest BCUT2D eigenvalue weighted by molar-refractivity contribution is 0.479. The van der Waals surface area contributed by atoms with Crippen LogP contribution in [0.4, 0.5) is 0 Å². The van der Waals surface area contributed by atoms with Crippen molar-refractivity contribution >= 4 is 11.6 Å². The van der Waals surface area contributed by atoms with Crippen molar-refractivity contribution in [2.45, 2.75) is 45.1 Å². The summed E-state index contributed by atoms with van der Waals surface area (Å²) in [4.78, 5) is 3.98. The molecule has 3 nitrogen and oxygen atoms in total. The summed E-state index contributed by atoms with van der Waals surface area (Å²) in [5.74, 6) is 0.571. The highest BCUT2D eigenvalue weighted by Gasteiger charge is 2.11. The maximum Gasteiger partial charge on any atom is 0.137 e. The number of hydrogen-bond donors (Lipinski definition) is 0. The first-order valence-corrected chi connectivity index (χ1v) is 7.25. The predicted molar refractivity (Wildman–Crippen MR) is 78.4 cm³/mol. The van der Waals surface area contributed by atoms with E-state index in [9.17, 15) is 0 Å². The first-order chi connectivity index (χ1) is 9.29. The molecule has 2 rings (SSSR count). The number of hydrogen-bond acceptors (Lipinski definition) is 2. The lowest BCUT2D eigenvalue weighted by atomic mass is 9.91. The van der Waals surface area contributed by atoms with Crippen LogP contribution in [0.25, 0.3) is 0 Å². The summed E-state index contributed by atoms with van der Waals surface area (Å²) < 4.78 is 1.90. The van der Waals surface area contributed by atoms with Gasteiger partial charge >= 0.3 is 0 Å². The molecule has 0 aliphatic carbocycles. The van der Waals surface area contributed by atoms with Crippen LogP contribution >= 0.6 is 11.6 Å². The first kappa shape index (κ1) is 14.1. The van der Waals surface area contributed by atoms with Gasteiger partial charge in [-0.2, -0.15) is 5.10 Å². The van der Waals surface area contributed by atoms with Crippen LogP contribution in [0.3, 0.4) is 0 Å². The third kappa shape index (κ3) is 4.35. The third-order valence-electron chi connectivity index (χ3n) is 3.42. The molecule has 0 radical (unpaired) electrons. The smallest absolute Gasteiger partial charge is 0.137 e. The molecule has 4 heteroatoms. The van der Waals surface area contributed by atoms with Crippen LogP contribution in [-0.2, 0) is 6.54 Å². The molecule has 0 aliphatic rings. The van der Waals surface area contributed by atoms with Crippen LogP contribution in [0.5, 0.6) is 0 Å². The molecular weight excluding hydrogens is 258 g/mol. The monoisotopic (exact) mass is 277 g/mol. The Kier molecular flexibility index (Phi) is 5.40. The molecule has 1 aromatic heterocycles. The summed E-state index contributed by atoms with van der Waals surface area (Å²) in [6.45, 7) is 3.15. The molecule has 0 spiro atoms. The molecule has 0 aliphatic heterocycles. The number of unbranched alkanes of at least 4 members (excludes halogenated alkanes) is 1. The van der Waals surface area contributed by atoms with Crippen LogP contribution < -0.4 is 0 Å². The second-order valence-electron chi connectivity index (χ2n) is 4.84. The van der Waals surface area contributed by atoms with E-state index < -0.39 is 0 Å². The van der Waals surface area contributed by atoms with E-state index in [0.717, 1.165) is 18.0 Å². The van der Waals surface area contributed by atoms with Crippen LogP contribution in [0.1, 0.15) is 44.1 Å². The fraction of sp³-hybridized carbons (Fsp3) is 0.467. The third-order valence-corrected chi connectivity index (χ3v) is 3.67. The fourth-order valence-corrected chi connectivity index (χ4v) is 2.43. The summed E-state index contributed by atoms with van der Waals surface area (Å²) in [6, 6.07) is 8.24. The van der Waals surface area contributed by atoms with Crippen LogP contribution in [0.2, 0.25) is 5.02 Å². The Morgan fingerprint density at radius 3 is 2.63 bits per heavy atom. The van der Waals surface area contributed by atoms with Gasteiger partial charge in [0.1, 0.15) is 12.7 Å². The largest absolute Gasteiger partial charge is 0.253 e. The van der Waals surface area contributed by atoms with Gasteiger partial charge in [0.15, 0.2) is 0 Å². The second-order valence-corrected chi connectivity index (χ2v) is 5.27. The topological polar surface area (TPSA) is 30.7 Å². The molecule has 102 valence electrons. The molecule has 0 saturated heterocycles. The van der Waals surface area contributed by atoms with Crippen molar-refractivity contribution in [2.24, 2.45) is 0 Å². The summed E-state index contributed by atoms with van der Waals surface area (Å²) in [6.07, 6.45) is 8.15. The molecule has 0 N–H and O–H groups in total. The average Bonchev–Trinajstić information content (AvgIpc) is 2.93. The van der Waals surface area contributed by atoms with Gasteiger partial charge < -0.3 is 0 Å². The van der Waals surface area contributed by atoms with E-state index in [1.54, 1.807) is 12.7 Å². The summed E-state index contributed by atoms with van der Waals surface area (Å²) >= 11 is 5.96. The highest BCUT2D eigenvalue weighted by atomic mass is 35.5. The zero-order valence-electron chi connectivity index (χ0n) is 11.3. The van der Waals surface area contributed by atoms with E-state index in [-0.39, 0.29) is 0 Å². The highest BCUT2D eigenvalue weighted by molar-refractivity contribution is 6.30. The lowest BCUT2D eigenvalue weighted by Crippen LogP contribution is -2.06. The fourth-order valence-electron chi connectivity index (χ4n) is 2.30. The quantitative estimate of drug-likeness (QED) is 0.756. The molecule has 0 unspecified atom stereocenters. The van der Waals surface area contributed by atoms with Gasteiger partial charge in [-0.3, -0.25) is 4.68 Å². The van der Waals surface area contributed by atoms with Crippen molar-refractivity contribution in [1.82, 2.24) is 14.8 Å². The molecule has 1 aromatic carbocycles. The normalized spacial score (nSPS) is 12.5. The number of rotatable bonds is 7. The Morgan fingerprint density at radius 1 is 1.21 bits per heavy atom. The van der Waals surface area contributed by atoms with Gasteiger partial charge in [-0.05, 0) is 36.5 Å². The Labute approximate surface area is 119 Å². The predicted octanol–water partition coefficient (Wildman–Crippen LogP) is 4.30. The van der Waals surface area contributed by atoms with Crippen LogP contribution in [0.15, 0.2) is 36.9 Å². The lowest BCUT2D eigenvalue weighted by Gasteiger charge is -2.17. The van der Waals surface area contributed by atoms with Crippen molar-refractivity contribution in [3.63, 3.8) is 0 Å². The first-order valence-electron chi connectivity index (χ1n) is 6.87. The van der Waals surface area contributed by atoms with E-state index in [2.05, 4.69) is 29.1 Å². The Hall–Kier alpha value is -1.35. The zero-order chi connectivity index (χ0) is 13.5. The van der Waals surface area contributed by atoms with Gasteiger partial charge in [0.25, 0.3) is 0 Å². The number of nitrogens with zero attached hydrogens (tertiary/aromatic N) is 3. The molecular formula is C15H20ClN3. The minimum atomic E-state index is 0.571. The molecule has 0 saturated carbocycles. The van der Waals surface area contributed by atoms with Gasteiger partial charge in [0.2, 0.25) is 0 Å². The SMILES string of the molecule is CCCC[C@@H](CCn1cncn1)c1ccc(Cl)cc1. The Morgan fingerprint density at radius 2 is 2.00 bits per heavy atom. The maximum absolute atomic E-state index is 5.96. The summed E-state index contributed by atoms with van der Waals surface area (Å²) in [5, 5.41) is 4.96. The van der Waals surface area contributed by atoms with Gasteiger partial charge in [-0.1, -0.05) is 43.5 Å². The van der Waals surface area contributed by atoms with E-state index >= 15 is 0 Å². The van der Waals surface area contributed by atoms with E-state index in [1.165, 1.54) is 24.8 Å². The van der Waals surface area contributed by atoms with Gasteiger partial charge in [-0.25, -0.2) is 4.98 Å². The van der Waals surface area contributed by atoms with Crippen molar-refractivity contribution in [1.29, 1.82) is 0 Å². The van der Waals surface area contributed by atoms with E-state index in [4.69, 9.17) is 11.6 Å². The summed E-state index contributed by atoms with van der Waals surface area (Å²) in [5.41, 5.74) is 1.37. The van der Waals surface area contributed by atoms with Crippen molar-refractivity contribution in [3.8, 4) is 0 Å². The van der Waals surface area contributed by atoms with Crippen molar-refractivity contribution in [2.75, 3.05) is 0 Å². The minimum absolute atomic E-state index is 0.571. The molecule has 1 heterocycles. The number of benzene rings is 1. The minimum Gasteiger partial charge on any atom is -0.253 e. The van der Waals surface area contributed by atoms with Crippen LogP contribution in [-0.4, -0.2) is 14.8 Å². The molecule has 0 fully saturated rings. The van der Waals surface area contributed by atoms with Gasteiger partial charge in [0.05, 0.1) is 0 Å². The van der Waals surface area contributed by atoms with Crippen molar-refractivity contribution in [3.05, 3.63) is 47.5 Å². The highest BCUT2D eigenvalue weighted by Crippen LogP contribution is 2.27. The average molecular weight is 278 g/mol. The van der Waals surface area contributed by atoms with Crippen molar-refractivity contribution < 1.29 is 0 Å². The number of halogens is 1. The Balaban J connectivity index is 2.00. The Bertz CT molecular complexity index is 465. The van der Waals surface area contributed by atoms with Gasteiger partial charge in [0, 0.05) is 11.6 Å². The summed E-state index contributed by atoms with van der Waals surface area (Å²) in [7, 11) is 0. The molecule has 0 bridgehead atoms. The van der Waals surface area contributed by atoms with E-state index in [1.807, 2.05) is 16.8 Å². The van der Waals surface area contributed by atoms with Crippen LogP contribution in [0, 0.1) is 0 Å².